The van der Waals surface area contributed by atoms with Crippen molar-refractivity contribution in [1.29, 1.82) is 0 Å². The number of rotatable bonds is 3. The van der Waals surface area contributed by atoms with Crippen molar-refractivity contribution >= 4 is 10.8 Å². The van der Waals surface area contributed by atoms with Gasteiger partial charge in [0.15, 0.2) is 0 Å². The molecule has 1 N–H and O–H groups in total. The van der Waals surface area contributed by atoms with Gasteiger partial charge in [0.05, 0.1) is 6.10 Å². The highest BCUT2D eigenvalue weighted by atomic mass is 16.3. The van der Waals surface area contributed by atoms with Crippen molar-refractivity contribution in [3.8, 4) is 0 Å². The molecule has 0 aliphatic carbocycles. The molecule has 2 aromatic rings. The second-order valence-electron chi connectivity index (χ2n) is 4.64. The van der Waals surface area contributed by atoms with Gasteiger partial charge in [0, 0.05) is 0 Å². The fourth-order valence-corrected chi connectivity index (χ4v) is 1.90. The lowest BCUT2D eigenvalue weighted by Crippen LogP contribution is -1.95. The van der Waals surface area contributed by atoms with E-state index in [4.69, 9.17) is 0 Å². The standard InChI is InChI=1S/C16H18O/c1-12(2)7-10-16(17)15-9-8-13-5-3-4-6-14(13)11-15/h3-9,11,16-17H,10H2,1-2H3/t16-/m1/s1. The molecule has 17 heavy (non-hydrogen) atoms. The molecule has 0 spiro atoms. The molecule has 0 aromatic heterocycles. The van der Waals surface area contributed by atoms with E-state index in [0.717, 1.165) is 5.56 Å². The molecule has 0 saturated carbocycles. The van der Waals surface area contributed by atoms with E-state index in [1.807, 2.05) is 32.0 Å². The zero-order chi connectivity index (χ0) is 12.3. The van der Waals surface area contributed by atoms with E-state index >= 15 is 0 Å². The zero-order valence-corrected chi connectivity index (χ0v) is 10.4. The number of aliphatic hydroxyl groups is 1. The van der Waals surface area contributed by atoms with Crippen molar-refractivity contribution < 1.29 is 5.11 Å². The van der Waals surface area contributed by atoms with Gasteiger partial charge in [-0.2, -0.15) is 0 Å². The van der Waals surface area contributed by atoms with E-state index < -0.39 is 6.10 Å². The molecule has 0 aliphatic heterocycles. The molecule has 0 radical (unpaired) electrons. The van der Waals surface area contributed by atoms with Gasteiger partial charge in [0.25, 0.3) is 0 Å². The molecule has 2 rings (SSSR count). The molecule has 0 amide bonds. The maximum Gasteiger partial charge on any atom is 0.0824 e. The summed E-state index contributed by atoms with van der Waals surface area (Å²) in [7, 11) is 0. The highest BCUT2D eigenvalue weighted by molar-refractivity contribution is 5.83. The first kappa shape index (κ1) is 11.9. The Morgan fingerprint density at radius 2 is 1.82 bits per heavy atom. The predicted molar refractivity (Wildman–Crippen MR) is 73.0 cm³/mol. The molecule has 0 saturated heterocycles. The maximum absolute atomic E-state index is 10.1. The third-order valence-electron chi connectivity index (χ3n) is 2.91. The molecule has 0 bridgehead atoms. The van der Waals surface area contributed by atoms with Crippen molar-refractivity contribution in [2.45, 2.75) is 26.4 Å². The Hall–Kier alpha value is -1.60. The number of hydrogen-bond acceptors (Lipinski definition) is 1. The molecule has 88 valence electrons. The van der Waals surface area contributed by atoms with Gasteiger partial charge in [0.1, 0.15) is 0 Å². The van der Waals surface area contributed by atoms with Crippen LogP contribution in [0.3, 0.4) is 0 Å². The molecule has 1 nitrogen and oxygen atoms in total. The van der Waals surface area contributed by atoms with Crippen molar-refractivity contribution in [2.24, 2.45) is 0 Å². The van der Waals surface area contributed by atoms with Crippen LogP contribution in [0.5, 0.6) is 0 Å². The monoisotopic (exact) mass is 226 g/mol. The van der Waals surface area contributed by atoms with Crippen molar-refractivity contribution in [2.75, 3.05) is 0 Å². The zero-order valence-electron chi connectivity index (χ0n) is 10.4. The first-order valence-electron chi connectivity index (χ1n) is 5.97. The van der Waals surface area contributed by atoms with Crippen LogP contribution < -0.4 is 0 Å². The quantitative estimate of drug-likeness (QED) is 0.776. The number of fused-ring (bicyclic) bond motifs is 1. The number of allylic oxidation sites excluding steroid dienone is 1. The van der Waals surface area contributed by atoms with Crippen LogP contribution in [-0.4, -0.2) is 5.11 Å². The summed E-state index contributed by atoms with van der Waals surface area (Å²) >= 11 is 0. The van der Waals surface area contributed by atoms with E-state index in [0.29, 0.717) is 6.42 Å². The van der Waals surface area contributed by atoms with Crippen molar-refractivity contribution in [3.63, 3.8) is 0 Å². The number of aliphatic hydroxyl groups excluding tert-OH is 1. The Bertz CT molecular complexity index is 536. The number of benzene rings is 2. The molecule has 0 fully saturated rings. The topological polar surface area (TPSA) is 20.2 Å². The van der Waals surface area contributed by atoms with Crippen molar-refractivity contribution in [1.82, 2.24) is 0 Å². The molecule has 1 atom stereocenters. The summed E-state index contributed by atoms with van der Waals surface area (Å²) in [5.74, 6) is 0. The van der Waals surface area contributed by atoms with Gasteiger partial charge in [-0.05, 0) is 42.7 Å². The second kappa shape index (κ2) is 5.15. The first-order valence-corrected chi connectivity index (χ1v) is 5.97. The van der Waals surface area contributed by atoms with Crippen LogP contribution in [0, 0.1) is 0 Å². The van der Waals surface area contributed by atoms with E-state index in [-0.39, 0.29) is 0 Å². The lowest BCUT2D eigenvalue weighted by Gasteiger charge is -2.10. The second-order valence-corrected chi connectivity index (χ2v) is 4.64. The molecule has 2 aromatic carbocycles. The minimum absolute atomic E-state index is 0.408. The van der Waals surface area contributed by atoms with Gasteiger partial charge >= 0.3 is 0 Å². The van der Waals surface area contributed by atoms with Gasteiger partial charge < -0.3 is 5.11 Å². The molecule has 0 unspecified atom stereocenters. The summed E-state index contributed by atoms with van der Waals surface area (Å²) in [5.41, 5.74) is 2.23. The van der Waals surface area contributed by atoms with Crippen molar-refractivity contribution in [3.05, 3.63) is 59.7 Å². The van der Waals surface area contributed by atoms with Gasteiger partial charge in [0.2, 0.25) is 0 Å². The Balaban J connectivity index is 2.26. The summed E-state index contributed by atoms with van der Waals surface area (Å²) < 4.78 is 0. The maximum atomic E-state index is 10.1. The largest absolute Gasteiger partial charge is 0.388 e. The third kappa shape index (κ3) is 2.95. The molecular weight excluding hydrogens is 208 g/mol. The highest BCUT2D eigenvalue weighted by Crippen LogP contribution is 2.22. The van der Waals surface area contributed by atoms with Gasteiger partial charge in [-0.25, -0.2) is 0 Å². The fraction of sp³-hybridized carbons (Fsp3) is 0.250. The van der Waals surface area contributed by atoms with Crippen LogP contribution in [0.25, 0.3) is 10.8 Å². The minimum atomic E-state index is -0.408. The molecule has 1 heteroatoms. The third-order valence-corrected chi connectivity index (χ3v) is 2.91. The van der Waals surface area contributed by atoms with E-state index in [1.165, 1.54) is 16.3 Å². The van der Waals surface area contributed by atoms with Gasteiger partial charge in [-0.1, -0.05) is 48.0 Å². The summed E-state index contributed by atoms with van der Waals surface area (Å²) in [6.07, 6.45) is 2.34. The Morgan fingerprint density at radius 1 is 1.12 bits per heavy atom. The van der Waals surface area contributed by atoms with Crippen LogP contribution in [0.15, 0.2) is 54.1 Å². The summed E-state index contributed by atoms with van der Waals surface area (Å²) in [6.45, 7) is 4.10. The molecule has 0 aliphatic rings. The van der Waals surface area contributed by atoms with E-state index in [2.05, 4.69) is 30.3 Å². The van der Waals surface area contributed by atoms with Crippen LogP contribution in [0.1, 0.15) is 31.9 Å². The summed E-state index contributed by atoms with van der Waals surface area (Å²) in [4.78, 5) is 0. The SMILES string of the molecule is CC(C)=CC[C@@H](O)c1ccc2ccccc2c1. The average Bonchev–Trinajstić information content (AvgIpc) is 2.35. The highest BCUT2D eigenvalue weighted by Gasteiger charge is 2.06. The summed E-state index contributed by atoms with van der Waals surface area (Å²) in [5, 5.41) is 12.5. The van der Waals surface area contributed by atoms with Crippen LogP contribution in [0.2, 0.25) is 0 Å². The van der Waals surface area contributed by atoms with E-state index in [9.17, 15) is 5.11 Å². The normalized spacial score (nSPS) is 12.4. The lowest BCUT2D eigenvalue weighted by molar-refractivity contribution is 0.181. The van der Waals surface area contributed by atoms with Crippen LogP contribution >= 0.6 is 0 Å². The Labute approximate surface area is 102 Å². The van der Waals surface area contributed by atoms with Crippen LogP contribution in [-0.2, 0) is 0 Å². The predicted octanol–water partition coefficient (Wildman–Crippen LogP) is 4.23. The lowest BCUT2D eigenvalue weighted by atomic mass is 10.0. The number of hydrogen-bond donors (Lipinski definition) is 1. The Morgan fingerprint density at radius 3 is 2.53 bits per heavy atom. The van der Waals surface area contributed by atoms with Gasteiger partial charge in [-0.15, -0.1) is 0 Å². The summed E-state index contributed by atoms with van der Waals surface area (Å²) in [6, 6.07) is 14.4. The average molecular weight is 226 g/mol. The minimum Gasteiger partial charge on any atom is -0.388 e. The van der Waals surface area contributed by atoms with Gasteiger partial charge in [-0.3, -0.25) is 0 Å². The first-order chi connectivity index (χ1) is 8.16. The molecular formula is C16H18O. The smallest absolute Gasteiger partial charge is 0.0824 e. The fourth-order valence-electron chi connectivity index (χ4n) is 1.90. The van der Waals surface area contributed by atoms with Crippen LogP contribution in [0.4, 0.5) is 0 Å². The van der Waals surface area contributed by atoms with E-state index in [1.54, 1.807) is 0 Å². The molecule has 0 heterocycles. The Kier molecular flexibility index (Phi) is 3.60.